The zero-order valence-electron chi connectivity index (χ0n) is 10.9. The van der Waals surface area contributed by atoms with Gasteiger partial charge in [0.1, 0.15) is 0 Å². The van der Waals surface area contributed by atoms with Crippen LogP contribution in [0, 0.1) is 5.92 Å². The number of likely N-dealkylation sites (tertiary alicyclic amines) is 1. The lowest BCUT2D eigenvalue weighted by atomic mass is 9.84. The molecule has 96 valence electrons. The number of aromatic nitrogens is 1. The number of thiazole rings is 1. The summed E-state index contributed by atoms with van der Waals surface area (Å²) in [5, 5.41) is 13.5. The van der Waals surface area contributed by atoms with Gasteiger partial charge < -0.3 is 5.11 Å². The molecule has 2 atom stereocenters. The summed E-state index contributed by atoms with van der Waals surface area (Å²) in [5.41, 5.74) is 0.688. The predicted octanol–water partition coefficient (Wildman–Crippen LogP) is 2.30. The van der Waals surface area contributed by atoms with Crippen LogP contribution in [0.3, 0.4) is 0 Å². The van der Waals surface area contributed by atoms with E-state index in [1.807, 2.05) is 6.92 Å². The molecule has 0 amide bonds. The summed E-state index contributed by atoms with van der Waals surface area (Å²) in [5.74, 6) is 0.334. The molecule has 0 spiro atoms. The Kier molecular flexibility index (Phi) is 3.85. The Hall–Kier alpha value is -0.450. The number of aliphatic hydroxyl groups is 1. The molecule has 0 bridgehead atoms. The molecule has 0 aliphatic carbocycles. The van der Waals surface area contributed by atoms with Gasteiger partial charge in [-0.1, -0.05) is 13.8 Å². The predicted molar refractivity (Wildman–Crippen MR) is 71.2 cm³/mol. The third-order valence-corrected chi connectivity index (χ3v) is 4.86. The molecule has 17 heavy (non-hydrogen) atoms. The largest absolute Gasteiger partial charge is 0.390 e. The highest BCUT2D eigenvalue weighted by Crippen LogP contribution is 2.28. The van der Waals surface area contributed by atoms with Crippen molar-refractivity contribution in [2.75, 3.05) is 13.1 Å². The van der Waals surface area contributed by atoms with Crippen LogP contribution in [0.25, 0.3) is 0 Å². The van der Waals surface area contributed by atoms with Crippen molar-refractivity contribution in [2.24, 2.45) is 5.92 Å². The van der Waals surface area contributed by atoms with E-state index in [9.17, 15) is 5.11 Å². The number of hydrogen-bond acceptors (Lipinski definition) is 4. The van der Waals surface area contributed by atoms with Gasteiger partial charge in [0.2, 0.25) is 0 Å². The molecular weight excluding hydrogens is 232 g/mol. The van der Waals surface area contributed by atoms with E-state index < -0.39 is 5.60 Å². The monoisotopic (exact) mass is 254 g/mol. The summed E-state index contributed by atoms with van der Waals surface area (Å²) in [6, 6.07) is 0. The third-order valence-electron chi connectivity index (χ3n) is 3.82. The first-order valence-corrected chi connectivity index (χ1v) is 7.27. The van der Waals surface area contributed by atoms with Gasteiger partial charge in [-0.3, -0.25) is 4.90 Å². The van der Waals surface area contributed by atoms with E-state index in [1.165, 1.54) is 10.7 Å². The summed E-state index contributed by atoms with van der Waals surface area (Å²) in [6.07, 6.45) is 1.88. The molecule has 0 unspecified atom stereocenters. The second-order valence-corrected chi connectivity index (χ2v) is 6.27. The Bertz CT molecular complexity index is 375. The SMILES string of the molecule is CCc1nc(CN2CC[C@@](C)(O)[C@@H](C)C2)cs1. The summed E-state index contributed by atoms with van der Waals surface area (Å²) >= 11 is 1.75. The Morgan fingerprint density at radius 1 is 1.65 bits per heavy atom. The molecule has 3 nitrogen and oxygen atoms in total. The van der Waals surface area contributed by atoms with Gasteiger partial charge in [0.05, 0.1) is 16.3 Å². The number of aryl methyl sites for hydroxylation is 1. The first-order valence-electron chi connectivity index (χ1n) is 6.39. The second kappa shape index (κ2) is 5.04. The van der Waals surface area contributed by atoms with Gasteiger partial charge in [-0.2, -0.15) is 0 Å². The van der Waals surface area contributed by atoms with Gasteiger partial charge in [0.15, 0.2) is 0 Å². The number of rotatable bonds is 3. The zero-order chi connectivity index (χ0) is 12.5. The maximum absolute atomic E-state index is 10.1. The summed E-state index contributed by atoms with van der Waals surface area (Å²) in [4.78, 5) is 7.00. The van der Waals surface area contributed by atoms with E-state index in [4.69, 9.17) is 0 Å². The normalized spacial score (nSPS) is 30.7. The van der Waals surface area contributed by atoms with Gasteiger partial charge in [-0.25, -0.2) is 4.98 Å². The lowest BCUT2D eigenvalue weighted by Crippen LogP contribution is -2.48. The van der Waals surface area contributed by atoms with Crippen LogP contribution < -0.4 is 0 Å². The van der Waals surface area contributed by atoms with Gasteiger partial charge in [-0.15, -0.1) is 11.3 Å². The van der Waals surface area contributed by atoms with E-state index in [1.54, 1.807) is 11.3 Å². The number of hydrogen-bond donors (Lipinski definition) is 1. The van der Waals surface area contributed by atoms with Crippen molar-refractivity contribution >= 4 is 11.3 Å². The van der Waals surface area contributed by atoms with Crippen LogP contribution in [0.4, 0.5) is 0 Å². The highest BCUT2D eigenvalue weighted by atomic mass is 32.1. The molecule has 1 aliphatic rings. The Balaban J connectivity index is 1.92. The van der Waals surface area contributed by atoms with E-state index in [0.717, 1.165) is 32.5 Å². The molecule has 0 aromatic carbocycles. The molecule has 2 rings (SSSR count). The Labute approximate surface area is 107 Å². The fourth-order valence-corrected chi connectivity index (χ4v) is 3.00. The highest BCUT2D eigenvalue weighted by molar-refractivity contribution is 7.09. The van der Waals surface area contributed by atoms with Gasteiger partial charge in [0, 0.05) is 25.0 Å². The molecule has 0 radical (unpaired) electrons. The van der Waals surface area contributed by atoms with Crippen LogP contribution in [0.5, 0.6) is 0 Å². The minimum atomic E-state index is -0.493. The smallest absolute Gasteiger partial charge is 0.0926 e. The molecule has 1 aliphatic heterocycles. The third kappa shape index (κ3) is 3.06. The zero-order valence-corrected chi connectivity index (χ0v) is 11.8. The van der Waals surface area contributed by atoms with Gasteiger partial charge in [-0.05, 0) is 25.7 Å². The minimum Gasteiger partial charge on any atom is -0.390 e. The first kappa shape index (κ1) is 13.0. The van der Waals surface area contributed by atoms with Gasteiger partial charge in [0.25, 0.3) is 0 Å². The van der Waals surface area contributed by atoms with Crippen molar-refractivity contribution in [3.63, 3.8) is 0 Å². The second-order valence-electron chi connectivity index (χ2n) is 5.33. The summed E-state index contributed by atoms with van der Waals surface area (Å²) in [7, 11) is 0. The van der Waals surface area contributed by atoms with Crippen LogP contribution in [0.1, 0.15) is 37.9 Å². The van der Waals surface area contributed by atoms with Crippen molar-refractivity contribution in [1.29, 1.82) is 0 Å². The number of piperidine rings is 1. The van der Waals surface area contributed by atoms with E-state index >= 15 is 0 Å². The molecule has 1 aromatic rings. The van der Waals surface area contributed by atoms with Crippen molar-refractivity contribution in [2.45, 2.75) is 45.8 Å². The van der Waals surface area contributed by atoms with Crippen molar-refractivity contribution in [3.05, 3.63) is 16.1 Å². The standard InChI is InChI=1S/C13H22N2OS/c1-4-12-14-11(9-17-12)8-15-6-5-13(3,16)10(2)7-15/h9-10,16H,4-8H2,1-3H3/t10-,13+/m0/s1. The van der Waals surface area contributed by atoms with Crippen LogP contribution in [0.15, 0.2) is 5.38 Å². The van der Waals surface area contributed by atoms with Crippen LogP contribution in [-0.4, -0.2) is 33.7 Å². The van der Waals surface area contributed by atoms with Crippen LogP contribution in [-0.2, 0) is 13.0 Å². The molecule has 0 saturated carbocycles. The van der Waals surface area contributed by atoms with Crippen LogP contribution in [0.2, 0.25) is 0 Å². The highest BCUT2D eigenvalue weighted by Gasteiger charge is 2.34. The topological polar surface area (TPSA) is 36.4 Å². The minimum absolute atomic E-state index is 0.334. The average molecular weight is 254 g/mol. The molecule has 1 aromatic heterocycles. The Morgan fingerprint density at radius 2 is 2.41 bits per heavy atom. The van der Waals surface area contributed by atoms with Crippen LogP contribution >= 0.6 is 11.3 Å². The van der Waals surface area contributed by atoms with E-state index in [2.05, 4.69) is 29.1 Å². The molecule has 2 heterocycles. The fourth-order valence-electron chi connectivity index (χ4n) is 2.26. The number of nitrogens with zero attached hydrogens (tertiary/aromatic N) is 2. The van der Waals surface area contributed by atoms with Crippen molar-refractivity contribution < 1.29 is 5.11 Å². The molecule has 1 fully saturated rings. The van der Waals surface area contributed by atoms with Gasteiger partial charge >= 0.3 is 0 Å². The average Bonchev–Trinajstić information content (AvgIpc) is 2.72. The lowest BCUT2D eigenvalue weighted by molar-refractivity contribution is -0.0526. The van der Waals surface area contributed by atoms with Crippen molar-refractivity contribution in [1.82, 2.24) is 9.88 Å². The molecular formula is C13H22N2OS. The Morgan fingerprint density at radius 3 is 3.00 bits per heavy atom. The fraction of sp³-hybridized carbons (Fsp3) is 0.769. The first-order chi connectivity index (χ1) is 8.01. The molecule has 1 N–H and O–H groups in total. The molecule has 1 saturated heterocycles. The maximum atomic E-state index is 10.1. The molecule has 4 heteroatoms. The lowest BCUT2D eigenvalue weighted by Gasteiger charge is -2.40. The van der Waals surface area contributed by atoms with E-state index in [-0.39, 0.29) is 0 Å². The maximum Gasteiger partial charge on any atom is 0.0926 e. The van der Waals surface area contributed by atoms with E-state index in [0.29, 0.717) is 5.92 Å². The summed E-state index contributed by atoms with van der Waals surface area (Å²) in [6.45, 7) is 9.08. The summed E-state index contributed by atoms with van der Waals surface area (Å²) < 4.78 is 0. The van der Waals surface area contributed by atoms with Crippen molar-refractivity contribution in [3.8, 4) is 0 Å². The quantitative estimate of drug-likeness (QED) is 0.899.